The van der Waals surface area contributed by atoms with Crippen LogP contribution in [0.25, 0.3) is 10.8 Å². The molecule has 17 heavy (non-hydrogen) atoms. The number of nitrogens with zero attached hydrogens (tertiary/aromatic N) is 1. The van der Waals surface area contributed by atoms with Crippen LogP contribution in [0.2, 0.25) is 0 Å². The lowest BCUT2D eigenvalue weighted by atomic mass is 10.1. The highest BCUT2D eigenvalue weighted by Crippen LogP contribution is 2.14. The fourth-order valence-corrected chi connectivity index (χ4v) is 1.49. The lowest BCUT2D eigenvalue weighted by Gasteiger charge is -2.05. The summed E-state index contributed by atoms with van der Waals surface area (Å²) in [6.07, 6.45) is 1.52. The predicted molar refractivity (Wildman–Crippen MR) is 61.7 cm³/mol. The maximum Gasteiger partial charge on any atom is 0.328 e. The van der Waals surface area contributed by atoms with Crippen LogP contribution in [0.4, 0.5) is 0 Å². The topological polar surface area (TPSA) is 93.3 Å². The number of hydrogen-bond donors (Lipinski definition) is 2. The maximum atomic E-state index is 11.7. The highest BCUT2D eigenvalue weighted by molar-refractivity contribution is 6.11. The SMILES string of the molecule is NC(C(=O)O)C(=O)c1cc2ccccc2cn1. The number of rotatable bonds is 3. The molecule has 0 aliphatic carbocycles. The van der Waals surface area contributed by atoms with E-state index in [2.05, 4.69) is 4.98 Å². The van der Waals surface area contributed by atoms with Crippen LogP contribution < -0.4 is 5.73 Å². The van der Waals surface area contributed by atoms with Crippen molar-refractivity contribution < 1.29 is 14.7 Å². The minimum absolute atomic E-state index is 0.0681. The first kappa shape index (κ1) is 11.2. The summed E-state index contributed by atoms with van der Waals surface area (Å²) in [6, 6.07) is 7.33. The van der Waals surface area contributed by atoms with E-state index >= 15 is 0 Å². The van der Waals surface area contributed by atoms with Crippen LogP contribution in [0.1, 0.15) is 10.5 Å². The molecule has 0 spiro atoms. The number of nitrogens with two attached hydrogens (primary N) is 1. The van der Waals surface area contributed by atoms with E-state index in [0.29, 0.717) is 0 Å². The molecule has 0 radical (unpaired) electrons. The van der Waals surface area contributed by atoms with E-state index in [1.54, 1.807) is 6.07 Å². The van der Waals surface area contributed by atoms with Gasteiger partial charge in [-0.25, -0.2) is 0 Å². The van der Waals surface area contributed by atoms with Gasteiger partial charge in [-0.15, -0.1) is 0 Å². The monoisotopic (exact) mass is 230 g/mol. The summed E-state index contributed by atoms with van der Waals surface area (Å²) in [5, 5.41) is 10.4. The first-order valence-corrected chi connectivity index (χ1v) is 4.97. The highest BCUT2D eigenvalue weighted by atomic mass is 16.4. The van der Waals surface area contributed by atoms with Crippen LogP contribution in [0.3, 0.4) is 0 Å². The number of ketones is 1. The molecule has 1 unspecified atom stereocenters. The molecular formula is C12H10N2O3. The molecule has 0 saturated heterocycles. The Morgan fingerprint density at radius 3 is 2.53 bits per heavy atom. The van der Waals surface area contributed by atoms with Gasteiger partial charge in [-0.1, -0.05) is 24.3 Å². The van der Waals surface area contributed by atoms with Gasteiger partial charge in [0.05, 0.1) is 0 Å². The molecule has 0 aliphatic rings. The second-order valence-corrected chi connectivity index (χ2v) is 3.60. The van der Waals surface area contributed by atoms with Crippen molar-refractivity contribution in [3.8, 4) is 0 Å². The zero-order valence-corrected chi connectivity index (χ0v) is 8.83. The number of aliphatic carboxylic acids is 1. The molecule has 2 aromatic rings. The van der Waals surface area contributed by atoms with Gasteiger partial charge in [0.1, 0.15) is 5.69 Å². The smallest absolute Gasteiger partial charge is 0.328 e. The first-order chi connectivity index (χ1) is 8.09. The van der Waals surface area contributed by atoms with Crippen LogP contribution in [0.15, 0.2) is 36.5 Å². The Hall–Kier alpha value is -2.27. The number of Topliss-reactive ketones (excluding diaryl/α,β-unsaturated/α-hetero) is 1. The van der Waals surface area contributed by atoms with Gasteiger partial charge in [-0.2, -0.15) is 0 Å². The number of hydrogen-bond acceptors (Lipinski definition) is 4. The second kappa shape index (κ2) is 4.31. The van der Waals surface area contributed by atoms with Crippen LogP contribution in [-0.2, 0) is 4.79 Å². The number of carboxylic acid groups (broad SMARTS) is 1. The summed E-state index contributed by atoms with van der Waals surface area (Å²) in [7, 11) is 0. The summed E-state index contributed by atoms with van der Waals surface area (Å²) in [5.74, 6) is -2.05. The summed E-state index contributed by atoms with van der Waals surface area (Å²) < 4.78 is 0. The number of fused-ring (bicyclic) bond motifs is 1. The van der Waals surface area contributed by atoms with Crippen molar-refractivity contribution in [2.24, 2.45) is 5.73 Å². The van der Waals surface area contributed by atoms with E-state index in [0.717, 1.165) is 10.8 Å². The van der Waals surface area contributed by atoms with Gasteiger partial charge in [0.25, 0.3) is 0 Å². The van der Waals surface area contributed by atoms with Crippen molar-refractivity contribution in [2.45, 2.75) is 6.04 Å². The molecule has 5 nitrogen and oxygen atoms in total. The molecule has 0 amide bonds. The molecule has 1 atom stereocenters. The first-order valence-electron chi connectivity index (χ1n) is 4.97. The number of pyridine rings is 1. The minimum Gasteiger partial charge on any atom is -0.480 e. The van der Waals surface area contributed by atoms with E-state index in [1.165, 1.54) is 6.20 Å². The molecule has 86 valence electrons. The van der Waals surface area contributed by atoms with E-state index in [4.69, 9.17) is 10.8 Å². The Kier molecular flexibility index (Phi) is 2.84. The van der Waals surface area contributed by atoms with Gasteiger partial charge in [0.2, 0.25) is 5.78 Å². The molecule has 0 fully saturated rings. The largest absolute Gasteiger partial charge is 0.480 e. The van der Waals surface area contributed by atoms with Gasteiger partial charge in [-0.05, 0) is 11.5 Å². The summed E-state index contributed by atoms with van der Waals surface area (Å²) in [5.41, 5.74) is 5.32. The number of carbonyl (C=O) groups excluding carboxylic acids is 1. The molecular weight excluding hydrogens is 220 g/mol. The molecule has 0 saturated carbocycles. The number of carboxylic acids is 1. The van der Waals surface area contributed by atoms with E-state index in [-0.39, 0.29) is 5.69 Å². The van der Waals surface area contributed by atoms with Crippen LogP contribution in [0.5, 0.6) is 0 Å². The van der Waals surface area contributed by atoms with Crippen molar-refractivity contribution in [3.63, 3.8) is 0 Å². The second-order valence-electron chi connectivity index (χ2n) is 3.60. The Morgan fingerprint density at radius 2 is 1.88 bits per heavy atom. The molecule has 0 bridgehead atoms. The molecule has 3 N–H and O–H groups in total. The van der Waals surface area contributed by atoms with Crippen LogP contribution in [0, 0.1) is 0 Å². The third-order valence-electron chi connectivity index (χ3n) is 2.43. The summed E-state index contributed by atoms with van der Waals surface area (Å²) in [6.45, 7) is 0. The van der Waals surface area contributed by atoms with Crippen LogP contribution in [-0.4, -0.2) is 27.9 Å². The fraction of sp³-hybridized carbons (Fsp3) is 0.0833. The van der Waals surface area contributed by atoms with E-state index in [9.17, 15) is 9.59 Å². The van der Waals surface area contributed by atoms with E-state index in [1.807, 2.05) is 24.3 Å². The van der Waals surface area contributed by atoms with Gasteiger partial charge < -0.3 is 10.8 Å². The van der Waals surface area contributed by atoms with Gasteiger partial charge >= 0.3 is 5.97 Å². The average molecular weight is 230 g/mol. The Balaban J connectivity index is 2.43. The normalized spacial score (nSPS) is 12.3. The molecule has 5 heteroatoms. The Labute approximate surface area is 96.9 Å². The number of benzene rings is 1. The standard InChI is InChI=1S/C12H10N2O3/c13-10(12(16)17)11(15)9-5-7-3-1-2-4-8(7)6-14-9/h1-6,10H,13H2,(H,16,17). The van der Waals surface area contributed by atoms with Gasteiger partial charge in [-0.3, -0.25) is 14.6 Å². The van der Waals surface area contributed by atoms with Crippen molar-refractivity contribution in [2.75, 3.05) is 0 Å². The van der Waals surface area contributed by atoms with Crippen molar-refractivity contribution in [3.05, 3.63) is 42.2 Å². The molecule has 2 rings (SSSR count). The number of carbonyl (C=O) groups is 2. The average Bonchev–Trinajstić information content (AvgIpc) is 2.36. The van der Waals surface area contributed by atoms with Crippen LogP contribution >= 0.6 is 0 Å². The zero-order chi connectivity index (χ0) is 12.4. The maximum absolute atomic E-state index is 11.7. The lowest BCUT2D eigenvalue weighted by molar-refractivity contribution is -0.137. The summed E-state index contributed by atoms with van der Waals surface area (Å²) >= 11 is 0. The third-order valence-corrected chi connectivity index (χ3v) is 2.43. The predicted octanol–water partition coefficient (Wildman–Crippen LogP) is 0.829. The van der Waals surface area contributed by atoms with Crippen molar-refractivity contribution >= 4 is 22.5 Å². The van der Waals surface area contributed by atoms with Crippen molar-refractivity contribution in [1.29, 1.82) is 0 Å². The van der Waals surface area contributed by atoms with Gasteiger partial charge in [0.15, 0.2) is 6.04 Å². The van der Waals surface area contributed by atoms with Gasteiger partial charge in [0, 0.05) is 11.6 Å². The minimum atomic E-state index is -1.57. The fourth-order valence-electron chi connectivity index (χ4n) is 1.49. The lowest BCUT2D eigenvalue weighted by Crippen LogP contribution is -2.38. The Bertz CT molecular complexity index is 595. The Morgan fingerprint density at radius 1 is 1.24 bits per heavy atom. The number of aromatic nitrogens is 1. The molecule has 1 aromatic heterocycles. The molecule has 0 aliphatic heterocycles. The molecule has 1 aromatic carbocycles. The van der Waals surface area contributed by atoms with E-state index < -0.39 is 17.8 Å². The van der Waals surface area contributed by atoms with Crippen molar-refractivity contribution in [1.82, 2.24) is 4.98 Å². The molecule has 1 heterocycles. The highest BCUT2D eigenvalue weighted by Gasteiger charge is 2.23. The zero-order valence-electron chi connectivity index (χ0n) is 8.83. The quantitative estimate of drug-likeness (QED) is 0.601. The third kappa shape index (κ3) is 2.14. The summed E-state index contributed by atoms with van der Waals surface area (Å²) in [4.78, 5) is 26.2.